The number of nitriles is 1. The molecule has 3 atom stereocenters. The van der Waals surface area contributed by atoms with Gasteiger partial charge in [-0.25, -0.2) is 0 Å². The minimum atomic E-state index is -0.321. The molecule has 3 unspecified atom stereocenters. The SMILES string of the molecule is CCNC(C)(C#N)CCCCN1CC2CCC1C2. The van der Waals surface area contributed by atoms with Crippen LogP contribution in [-0.2, 0) is 0 Å². The fraction of sp³-hybridized carbons (Fsp3) is 0.933. The molecule has 2 rings (SSSR count). The van der Waals surface area contributed by atoms with Crippen LogP contribution in [0.2, 0.25) is 0 Å². The van der Waals surface area contributed by atoms with Crippen LogP contribution in [0.1, 0.15) is 52.4 Å². The summed E-state index contributed by atoms with van der Waals surface area (Å²) < 4.78 is 0. The molecule has 1 N–H and O–H groups in total. The number of unbranched alkanes of at least 4 members (excludes halogenated alkanes) is 1. The van der Waals surface area contributed by atoms with E-state index in [2.05, 4.69) is 23.2 Å². The maximum absolute atomic E-state index is 9.19. The van der Waals surface area contributed by atoms with Crippen LogP contribution >= 0.6 is 0 Å². The van der Waals surface area contributed by atoms with E-state index in [0.717, 1.165) is 31.3 Å². The van der Waals surface area contributed by atoms with Gasteiger partial charge in [0.05, 0.1) is 6.07 Å². The summed E-state index contributed by atoms with van der Waals surface area (Å²) in [6.07, 6.45) is 7.72. The van der Waals surface area contributed by atoms with E-state index in [1.54, 1.807) is 0 Å². The minimum Gasteiger partial charge on any atom is -0.300 e. The molecule has 0 aromatic heterocycles. The van der Waals surface area contributed by atoms with E-state index in [1.165, 1.54) is 38.8 Å². The lowest BCUT2D eigenvalue weighted by molar-refractivity contribution is 0.207. The van der Waals surface area contributed by atoms with Crippen LogP contribution in [0, 0.1) is 17.2 Å². The fourth-order valence-corrected chi connectivity index (χ4v) is 3.67. The van der Waals surface area contributed by atoms with Gasteiger partial charge in [-0.3, -0.25) is 5.32 Å². The van der Waals surface area contributed by atoms with Crippen molar-refractivity contribution in [2.24, 2.45) is 5.92 Å². The van der Waals surface area contributed by atoms with Crippen molar-refractivity contribution in [2.75, 3.05) is 19.6 Å². The Bertz CT molecular complexity index is 309. The fourth-order valence-electron chi connectivity index (χ4n) is 3.67. The summed E-state index contributed by atoms with van der Waals surface area (Å²) in [5.41, 5.74) is -0.321. The van der Waals surface area contributed by atoms with E-state index in [4.69, 9.17) is 0 Å². The average Bonchev–Trinajstić information content (AvgIpc) is 2.97. The lowest BCUT2D eigenvalue weighted by Crippen LogP contribution is -2.40. The van der Waals surface area contributed by atoms with E-state index in [9.17, 15) is 5.26 Å². The zero-order valence-electron chi connectivity index (χ0n) is 11.9. The first-order valence-corrected chi connectivity index (χ1v) is 7.57. The van der Waals surface area contributed by atoms with Crippen LogP contribution in [-0.4, -0.2) is 36.1 Å². The number of rotatable bonds is 7. The minimum absolute atomic E-state index is 0.321. The first kappa shape index (κ1) is 13.8. The molecule has 1 aliphatic heterocycles. The monoisotopic (exact) mass is 249 g/mol. The van der Waals surface area contributed by atoms with Crippen molar-refractivity contribution in [3.63, 3.8) is 0 Å². The standard InChI is InChI=1S/C15H27N3/c1-3-17-15(2,12-16)8-4-5-9-18-11-13-6-7-14(18)10-13/h13-14,17H,3-11H2,1-2H3. The zero-order valence-corrected chi connectivity index (χ0v) is 11.9. The predicted octanol–water partition coefficient (Wildman–Crippen LogP) is 2.53. The smallest absolute Gasteiger partial charge is 0.103 e. The van der Waals surface area contributed by atoms with Gasteiger partial charge in [0.15, 0.2) is 0 Å². The highest BCUT2D eigenvalue weighted by Crippen LogP contribution is 2.37. The Hall–Kier alpha value is -0.590. The van der Waals surface area contributed by atoms with Crippen LogP contribution in [0.15, 0.2) is 0 Å². The third kappa shape index (κ3) is 3.24. The van der Waals surface area contributed by atoms with Gasteiger partial charge in [0, 0.05) is 12.6 Å². The molecule has 3 nitrogen and oxygen atoms in total. The Balaban J connectivity index is 1.63. The van der Waals surface area contributed by atoms with Gasteiger partial charge in [-0.2, -0.15) is 5.26 Å². The first-order valence-electron chi connectivity index (χ1n) is 7.57. The molecule has 0 radical (unpaired) electrons. The maximum atomic E-state index is 9.19. The number of hydrogen-bond donors (Lipinski definition) is 1. The molecular formula is C15H27N3. The van der Waals surface area contributed by atoms with Crippen LogP contribution in [0.25, 0.3) is 0 Å². The summed E-state index contributed by atoms with van der Waals surface area (Å²) in [7, 11) is 0. The molecule has 1 saturated carbocycles. The summed E-state index contributed by atoms with van der Waals surface area (Å²) in [6, 6.07) is 3.30. The Morgan fingerprint density at radius 2 is 2.22 bits per heavy atom. The van der Waals surface area contributed by atoms with E-state index in [0.29, 0.717) is 0 Å². The van der Waals surface area contributed by atoms with Gasteiger partial charge in [-0.1, -0.05) is 6.92 Å². The lowest BCUT2D eigenvalue weighted by Gasteiger charge is -2.27. The normalized spacial score (nSPS) is 30.3. The number of hydrogen-bond acceptors (Lipinski definition) is 3. The third-order valence-electron chi connectivity index (χ3n) is 4.71. The molecule has 102 valence electrons. The van der Waals surface area contributed by atoms with Crippen LogP contribution in [0.3, 0.4) is 0 Å². The topological polar surface area (TPSA) is 39.1 Å². The van der Waals surface area contributed by atoms with Gasteiger partial charge in [0.2, 0.25) is 0 Å². The highest BCUT2D eigenvalue weighted by Gasteiger charge is 2.37. The second kappa shape index (κ2) is 6.04. The van der Waals surface area contributed by atoms with Crippen molar-refractivity contribution < 1.29 is 0 Å². The van der Waals surface area contributed by atoms with Gasteiger partial charge < -0.3 is 4.90 Å². The lowest BCUT2D eigenvalue weighted by atomic mass is 9.96. The quantitative estimate of drug-likeness (QED) is 0.705. The molecule has 2 aliphatic rings. The second-order valence-electron chi connectivity index (χ2n) is 6.26. The molecule has 0 aromatic rings. The highest BCUT2D eigenvalue weighted by molar-refractivity contribution is 5.03. The van der Waals surface area contributed by atoms with Gasteiger partial charge in [0.25, 0.3) is 0 Å². The second-order valence-corrected chi connectivity index (χ2v) is 6.26. The summed E-state index contributed by atoms with van der Waals surface area (Å²) in [5, 5.41) is 12.5. The Morgan fingerprint density at radius 1 is 1.39 bits per heavy atom. The first-order chi connectivity index (χ1) is 8.67. The van der Waals surface area contributed by atoms with Crippen molar-refractivity contribution in [3.8, 4) is 6.07 Å². The third-order valence-corrected chi connectivity index (χ3v) is 4.71. The summed E-state index contributed by atoms with van der Waals surface area (Å²) in [5.74, 6) is 1.00. The Kier molecular flexibility index (Phi) is 4.64. The molecule has 0 spiro atoms. The summed E-state index contributed by atoms with van der Waals surface area (Å²) in [6.45, 7) is 7.55. The molecule has 18 heavy (non-hydrogen) atoms. The number of piperidine rings is 1. The largest absolute Gasteiger partial charge is 0.300 e. The number of fused-ring (bicyclic) bond motifs is 2. The summed E-state index contributed by atoms with van der Waals surface area (Å²) >= 11 is 0. The highest BCUT2D eigenvalue weighted by atomic mass is 15.2. The molecule has 3 heteroatoms. The van der Waals surface area contributed by atoms with Gasteiger partial charge in [-0.15, -0.1) is 0 Å². The van der Waals surface area contributed by atoms with Crippen molar-refractivity contribution in [3.05, 3.63) is 0 Å². The molecule has 2 bridgehead atoms. The van der Waals surface area contributed by atoms with Crippen molar-refractivity contribution in [1.29, 1.82) is 5.26 Å². The Morgan fingerprint density at radius 3 is 2.78 bits per heavy atom. The van der Waals surface area contributed by atoms with Crippen molar-refractivity contribution in [1.82, 2.24) is 10.2 Å². The molecule has 1 aliphatic carbocycles. The molecule has 0 amide bonds. The van der Waals surface area contributed by atoms with Crippen LogP contribution in [0.5, 0.6) is 0 Å². The molecule has 2 fully saturated rings. The predicted molar refractivity (Wildman–Crippen MR) is 74.2 cm³/mol. The molecule has 1 heterocycles. The van der Waals surface area contributed by atoms with Crippen LogP contribution in [0.4, 0.5) is 0 Å². The van der Waals surface area contributed by atoms with E-state index < -0.39 is 0 Å². The van der Waals surface area contributed by atoms with Gasteiger partial charge in [0.1, 0.15) is 5.54 Å². The molecular weight excluding hydrogens is 222 g/mol. The Labute approximate surface area is 112 Å². The number of nitrogens with zero attached hydrogens (tertiary/aromatic N) is 2. The maximum Gasteiger partial charge on any atom is 0.103 e. The number of likely N-dealkylation sites (tertiary alicyclic amines) is 1. The average molecular weight is 249 g/mol. The van der Waals surface area contributed by atoms with E-state index in [1.807, 2.05) is 6.92 Å². The van der Waals surface area contributed by atoms with Crippen LogP contribution < -0.4 is 5.32 Å². The molecule has 1 saturated heterocycles. The molecule has 0 aromatic carbocycles. The van der Waals surface area contributed by atoms with Crippen molar-refractivity contribution in [2.45, 2.75) is 64.0 Å². The van der Waals surface area contributed by atoms with Gasteiger partial charge >= 0.3 is 0 Å². The zero-order chi connectivity index (χ0) is 13.0. The van der Waals surface area contributed by atoms with Gasteiger partial charge in [-0.05, 0) is 64.5 Å². The summed E-state index contributed by atoms with van der Waals surface area (Å²) in [4.78, 5) is 2.69. The van der Waals surface area contributed by atoms with Crippen molar-refractivity contribution >= 4 is 0 Å². The van der Waals surface area contributed by atoms with E-state index in [-0.39, 0.29) is 5.54 Å². The van der Waals surface area contributed by atoms with E-state index >= 15 is 0 Å². The number of nitrogens with one attached hydrogen (secondary N) is 1.